The molecule has 29 heavy (non-hydrogen) atoms. The van der Waals surface area contributed by atoms with Gasteiger partial charge >= 0.3 is 0 Å². The monoisotopic (exact) mass is 390 g/mol. The van der Waals surface area contributed by atoms with Gasteiger partial charge in [0.05, 0.1) is 6.20 Å². The van der Waals surface area contributed by atoms with E-state index in [2.05, 4.69) is 73.0 Å². The number of anilines is 3. The maximum absolute atomic E-state index is 4.84. The number of nitrogens with zero attached hydrogens (tertiary/aromatic N) is 8. The third-order valence-electron chi connectivity index (χ3n) is 5.05. The summed E-state index contributed by atoms with van der Waals surface area (Å²) >= 11 is 0. The normalized spacial score (nSPS) is 14.3. The van der Waals surface area contributed by atoms with Crippen LogP contribution in [0.1, 0.15) is 19.4 Å². The van der Waals surface area contributed by atoms with E-state index in [4.69, 9.17) is 4.98 Å². The molecular formula is C21H26N8. The summed E-state index contributed by atoms with van der Waals surface area (Å²) in [6.07, 6.45) is 5.31. The first kappa shape index (κ1) is 19.0. The maximum Gasteiger partial charge on any atom is 0.247 e. The molecule has 0 N–H and O–H groups in total. The molecular weight excluding hydrogens is 364 g/mol. The average Bonchev–Trinajstić information content (AvgIpc) is 2.79. The molecule has 0 unspecified atom stereocenters. The first-order chi connectivity index (χ1) is 14.2. The Morgan fingerprint density at radius 3 is 2.31 bits per heavy atom. The summed E-state index contributed by atoms with van der Waals surface area (Å²) in [5.41, 5.74) is 1.23. The molecule has 1 aliphatic heterocycles. The van der Waals surface area contributed by atoms with Gasteiger partial charge in [0.25, 0.3) is 0 Å². The van der Waals surface area contributed by atoms with E-state index in [1.54, 1.807) is 18.6 Å². The molecule has 0 bridgehead atoms. The molecule has 150 valence electrons. The van der Waals surface area contributed by atoms with Gasteiger partial charge in [-0.1, -0.05) is 30.3 Å². The van der Waals surface area contributed by atoms with E-state index < -0.39 is 0 Å². The van der Waals surface area contributed by atoms with Crippen LogP contribution in [0.2, 0.25) is 0 Å². The van der Waals surface area contributed by atoms with Crippen molar-refractivity contribution in [2.45, 2.75) is 26.4 Å². The van der Waals surface area contributed by atoms with E-state index in [0.29, 0.717) is 5.95 Å². The van der Waals surface area contributed by atoms with E-state index in [0.717, 1.165) is 44.5 Å². The molecule has 8 heteroatoms. The van der Waals surface area contributed by atoms with Crippen LogP contribution in [0.4, 0.5) is 17.7 Å². The van der Waals surface area contributed by atoms with E-state index >= 15 is 0 Å². The van der Waals surface area contributed by atoms with Crippen molar-refractivity contribution < 1.29 is 0 Å². The molecule has 1 aromatic carbocycles. The molecule has 0 amide bonds. The lowest BCUT2D eigenvalue weighted by Crippen LogP contribution is -2.47. The number of rotatable bonds is 6. The molecule has 0 aliphatic carbocycles. The van der Waals surface area contributed by atoms with Crippen molar-refractivity contribution in [1.29, 1.82) is 0 Å². The minimum Gasteiger partial charge on any atom is -0.352 e. The first-order valence-electron chi connectivity index (χ1n) is 9.98. The lowest BCUT2D eigenvalue weighted by molar-refractivity contribution is 0.622. The number of benzene rings is 1. The van der Waals surface area contributed by atoms with E-state index in [9.17, 15) is 0 Å². The molecule has 8 nitrogen and oxygen atoms in total. The van der Waals surface area contributed by atoms with Gasteiger partial charge in [-0.05, 0) is 25.5 Å². The Kier molecular flexibility index (Phi) is 5.79. The van der Waals surface area contributed by atoms with Crippen molar-refractivity contribution in [3.8, 4) is 0 Å². The topological polar surface area (TPSA) is 74.2 Å². The minimum absolute atomic E-state index is 0.263. The van der Waals surface area contributed by atoms with Gasteiger partial charge in [0.15, 0.2) is 5.82 Å². The SMILES string of the molecule is CC(C)N(Cc1ccccc1)c1nncc(N2CCN(c3ncccn3)CC2)n1. The highest BCUT2D eigenvalue weighted by molar-refractivity contribution is 5.45. The smallest absolute Gasteiger partial charge is 0.247 e. The van der Waals surface area contributed by atoms with Gasteiger partial charge in [-0.3, -0.25) is 0 Å². The minimum atomic E-state index is 0.263. The second-order valence-corrected chi connectivity index (χ2v) is 7.34. The zero-order valence-electron chi connectivity index (χ0n) is 16.9. The summed E-state index contributed by atoms with van der Waals surface area (Å²) in [5, 5.41) is 8.57. The summed E-state index contributed by atoms with van der Waals surface area (Å²) in [7, 11) is 0. The molecule has 1 aliphatic rings. The molecule has 0 radical (unpaired) electrons. The highest BCUT2D eigenvalue weighted by atomic mass is 15.4. The van der Waals surface area contributed by atoms with E-state index in [1.807, 2.05) is 12.1 Å². The lowest BCUT2D eigenvalue weighted by Gasteiger charge is -2.35. The van der Waals surface area contributed by atoms with Crippen LogP contribution in [0.3, 0.4) is 0 Å². The molecule has 2 aromatic heterocycles. The van der Waals surface area contributed by atoms with Gasteiger partial charge in [-0.25, -0.2) is 9.97 Å². The van der Waals surface area contributed by atoms with Crippen molar-refractivity contribution in [1.82, 2.24) is 25.1 Å². The molecule has 0 spiro atoms. The van der Waals surface area contributed by atoms with Crippen LogP contribution in [0, 0.1) is 0 Å². The quantitative estimate of drug-likeness (QED) is 0.635. The average molecular weight is 390 g/mol. The number of hydrogen-bond acceptors (Lipinski definition) is 8. The van der Waals surface area contributed by atoms with Crippen molar-refractivity contribution in [3.63, 3.8) is 0 Å². The van der Waals surface area contributed by atoms with Crippen molar-refractivity contribution in [2.75, 3.05) is 40.9 Å². The van der Waals surface area contributed by atoms with Crippen LogP contribution in [0.15, 0.2) is 55.0 Å². The van der Waals surface area contributed by atoms with Gasteiger partial charge in [0, 0.05) is 51.2 Å². The highest BCUT2D eigenvalue weighted by Gasteiger charge is 2.22. The van der Waals surface area contributed by atoms with Gasteiger partial charge in [-0.15, -0.1) is 5.10 Å². The van der Waals surface area contributed by atoms with E-state index in [-0.39, 0.29) is 6.04 Å². The Morgan fingerprint density at radius 2 is 1.62 bits per heavy atom. The molecule has 0 saturated carbocycles. The predicted molar refractivity (Wildman–Crippen MR) is 114 cm³/mol. The van der Waals surface area contributed by atoms with Crippen LogP contribution < -0.4 is 14.7 Å². The Labute approximate surface area is 171 Å². The second-order valence-electron chi connectivity index (χ2n) is 7.34. The summed E-state index contributed by atoms with van der Waals surface area (Å²) in [6.45, 7) is 8.44. The zero-order chi connectivity index (χ0) is 20.1. The maximum atomic E-state index is 4.84. The van der Waals surface area contributed by atoms with Crippen LogP contribution in [-0.2, 0) is 6.54 Å². The summed E-state index contributed by atoms with van der Waals surface area (Å²) in [6, 6.07) is 12.5. The van der Waals surface area contributed by atoms with Gasteiger partial charge in [0.1, 0.15) is 0 Å². The summed E-state index contributed by atoms with van der Waals surface area (Å²) < 4.78 is 0. The second kappa shape index (κ2) is 8.81. The molecule has 3 heterocycles. The molecule has 3 aromatic rings. The molecule has 1 saturated heterocycles. The van der Waals surface area contributed by atoms with Crippen molar-refractivity contribution in [2.24, 2.45) is 0 Å². The Morgan fingerprint density at radius 1 is 0.931 bits per heavy atom. The van der Waals surface area contributed by atoms with Gasteiger partial charge in [-0.2, -0.15) is 10.1 Å². The summed E-state index contributed by atoms with van der Waals surface area (Å²) in [5.74, 6) is 2.31. The molecule has 1 fully saturated rings. The van der Waals surface area contributed by atoms with Gasteiger partial charge in [0.2, 0.25) is 11.9 Å². The van der Waals surface area contributed by atoms with Crippen LogP contribution >= 0.6 is 0 Å². The first-order valence-corrected chi connectivity index (χ1v) is 9.98. The predicted octanol–water partition coefficient (Wildman–Crippen LogP) is 2.40. The lowest BCUT2D eigenvalue weighted by atomic mass is 10.2. The fraction of sp³-hybridized carbons (Fsp3) is 0.381. The Bertz CT molecular complexity index is 895. The Hall–Kier alpha value is -3.29. The number of piperazine rings is 1. The van der Waals surface area contributed by atoms with Crippen molar-refractivity contribution in [3.05, 3.63) is 60.6 Å². The standard InChI is InChI=1S/C21H26N8/c1-17(2)29(16-18-7-4-3-5-8-18)21-25-19(15-24-26-21)27-11-13-28(14-12-27)20-22-9-6-10-23-20/h3-10,15,17H,11-14,16H2,1-2H3. The van der Waals surface area contributed by atoms with Crippen LogP contribution in [0.5, 0.6) is 0 Å². The third-order valence-corrected chi connectivity index (χ3v) is 5.05. The molecule has 0 atom stereocenters. The molecule has 4 rings (SSSR count). The summed E-state index contributed by atoms with van der Waals surface area (Å²) in [4.78, 5) is 20.2. The van der Waals surface area contributed by atoms with Gasteiger partial charge < -0.3 is 14.7 Å². The highest BCUT2D eigenvalue weighted by Crippen LogP contribution is 2.20. The third kappa shape index (κ3) is 4.59. The van der Waals surface area contributed by atoms with E-state index in [1.165, 1.54) is 5.56 Å². The van der Waals surface area contributed by atoms with Crippen molar-refractivity contribution >= 4 is 17.7 Å². The van der Waals surface area contributed by atoms with Crippen LogP contribution in [0.25, 0.3) is 0 Å². The zero-order valence-corrected chi connectivity index (χ0v) is 16.9. The number of hydrogen-bond donors (Lipinski definition) is 0. The number of aromatic nitrogens is 5. The fourth-order valence-electron chi connectivity index (χ4n) is 3.41. The van der Waals surface area contributed by atoms with Crippen LogP contribution in [-0.4, -0.2) is 57.4 Å². The fourth-order valence-corrected chi connectivity index (χ4v) is 3.41. The Balaban J connectivity index is 1.47. The largest absolute Gasteiger partial charge is 0.352 e.